The van der Waals surface area contributed by atoms with Crippen LogP contribution < -0.4 is 10.4 Å². The van der Waals surface area contributed by atoms with Crippen LogP contribution in [0.3, 0.4) is 0 Å². The molecule has 0 radical (unpaired) electrons. The number of hydrogen-bond acceptors (Lipinski definition) is 3. The Balaban J connectivity index is 1.65. The maximum absolute atomic E-state index is 12.8. The predicted molar refractivity (Wildman–Crippen MR) is 114 cm³/mol. The average molecular weight is 427 g/mol. The standard InChI is InChI=1S/C22H16Cl2N2O3/c1-12-3-7-19(13(2)9-12)26-22(28)17(21(27)25-26)11-15-5-8-20(29-15)16-10-14(23)4-6-18(16)24/h3-11H,1-2H3,(H,25,27)/b17-11-. The number of anilines is 1. The normalized spacial score (nSPS) is 15.3. The van der Waals surface area contributed by atoms with E-state index < -0.39 is 11.8 Å². The number of nitrogens with one attached hydrogen (secondary N) is 1. The number of nitrogens with zero attached hydrogens (tertiary/aromatic N) is 1. The fraction of sp³-hybridized carbons (Fsp3) is 0.0909. The van der Waals surface area contributed by atoms with E-state index in [-0.39, 0.29) is 5.57 Å². The first kappa shape index (κ1) is 19.3. The van der Waals surface area contributed by atoms with Gasteiger partial charge in [-0.15, -0.1) is 0 Å². The summed E-state index contributed by atoms with van der Waals surface area (Å²) >= 11 is 12.2. The van der Waals surface area contributed by atoms with Crippen molar-refractivity contribution in [2.45, 2.75) is 13.8 Å². The molecule has 5 nitrogen and oxygen atoms in total. The van der Waals surface area contributed by atoms with Crippen molar-refractivity contribution in [2.75, 3.05) is 5.01 Å². The topological polar surface area (TPSA) is 62.6 Å². The molecular weight excluding hydrogens is 411 g/mol. The molecule has 7 heteroatoms. The monoisotopic (exact) mass is 426 g/mol. The molecule has 0 bridgehead atoms. The van der Waals surface area contributed by atoms with E-state index in [9.17, 15) is 9.59 Å². The number of hydrazine groups is 1. The summed E-state index contributed by atoms with van der Waals surface area (Å²) in [7, 11) is 0. The SMILES string of the molecule is Cc1ccc(N2NC(=O)/C(=C/c3ccc(-c4cc(Cl)ccc4Cl)o3)C2=O)c(C)c1. The van der Waals surface area contributed by atoms with Gasteiger partial charge >= 0.3 is 0 Å². The molecule has 1 aliphatic rings. The van der Waals surface area contributed by atoms with Crippen molar-refractivity contribution < 1.29 is 14.0 Å². The van der Waals surface area contributed by atoms with Crippen LogP contribution in [0.15, 0.2) is 58.5 Å². The minimum absolute atomic E-state index is 0.0110. The fourth-order valence-corrected chi connectivity index (χ4v) is 3.57. The average Bonchev–Trinajstić information content (AvgIpc) is 3.24. The van der Waals surface area contributed by atoms with Gasteiger partial charge in [-0.1, -0.05) is 40.9 Å². The number of amides is 2. The van der Waals surface area contributed by atoms with Gasteiger partial charge < -0.3 is 4.42 Å². The zero-order valence-corrected chi connectivity index (χ0v) is 17.1. The first-order valence-corrected chi connectivity index (χ1v) is 9.59. The zero-order chi connectivity index (χ0) is 20.7. The van der Waals surface area contributed by atoms with Crippen molar-refractivity contribution in [3.8, 4) is 11.3 Å². The molecule has 4 rings (SSSR count). The van der Waals surface area contributed by atoms with E-state index in [1.165, 1.54) is 11.1 Å². The van der Waals surface area contributed by atoms with E-state index in [0.29, 0.717) is 32.8 Å². The highest BCUT2D eigenvalue weighted by molar-refractivity contribution is 6.35. The van der Waals surface area contributed by atoms with Crippen molar-refractivity contribution >= 4 is 46.8 Å². The number of aryl methyl sites for hydroxylation is 2. The van der Waals surface area contributed by atoms with Crippen LogP contribution in [-0.4, -0.2) is 11.8 Å². The van der Waals surface area contributed by atoms with Crippen molar-refractivity contribution in [1.29, 1.82) is 0 Å². The van der Waals surface area contributed by atoms with Gasteiger partial charge in [-0.25, -0.2) is 5.01 Å². The van der Waals surface area contributed by atoms with Gasteiger partial charge in [0.05, 0.1) is 10.7 Å². The summed E-state index contributed by atoms with van der Waals surface area (Å²) in [5, 5.41) is 2.26. The van der Waals surface area contributed by atoms with E-state index in [0.717, 1.165) is 11.1 Å². The van der Waals surface area contributed by atoms with E-state index in [2.05, 4.69) is 5.43 Å². The van der Waals surface area contributed by atoms with E-state index in [1.807, 2.05) is 26.0 Å². The molecule has 0 saturated carbocycles. The van der Waals surface area contributed by atoms with Crippen LogP contribution in [0.5, 0.6) is 0 Å². The molecule has 2 heterocycles. The lowest BCUT2D eigenvalue weighted by atomic mass is 10.1. The van der Waals surface area contributed by atoms with Gasteiger partial charge in [0.15, 0.2) is 0 Å². The second-order valence-electron chi connectivity index (χ2n) is 6.76. The highest BCUT2D eigenvalue weighted by atomic mass is 35.5. The first-order chi connectivity index (χ1) is 13.8. The van der Waals surface area contributed by atoms with Gasteiger partial charge in [0.2, 0.25) is 0 Å². The number of halogens is 2. The minimum Gasteiger partial charge on any atom is -0.457 e. The molecule has 2 amide bonds. The molecule has 1 aromatic heterocycles. The smallest absolute Gasteiger partial charge is 0.282 e. The van der Waals surface area contributed by atoms with Crippen molar-refractivity contribution in [2.24, 2.45) is 0 Å². The highest BCUT2D eigenvalue weighted by Gasteiger charge is 2.35. The van der Waals surface area contributed by atoms with Crippen LogP contribution >= 0.6 is 23.2 Å². The Bertz CT molecular complexity index is 1180. The molecule has 1 saturated heterocycles. The molecule has 1 aliphatic heterocycles. The lowest BCUT2D eigenvalue weighted by molar-refractivity contribution is -0.117. The number of carbonyl (C=O) groups excluding carboxylic acids is 2. The molecule has 146 valence electrons. The molecule has 0 spiro atoms. The molecule has 3 aromatic rings. The number of hydrogen-bond donors (Lipinski definition) is 1. The summed E-state index contributed by atoms with van der Waals surface area (Å²) in [4.78, 5) is 25.2. The summed E-state index contributed by atoms with van der Waals surface area (Å²) in [6, 6.07) is 14.1. The van der Waals surface area contributed by atoms with Crippen LogP contribution in [0, 0.1) is 13.8 Å². The minimum atomic E-state index is -0.492. The maximum Gasteiger partial charge on any atom is 0.282 e. The summed E-state index contributed by atoms with van der Waals surface area (Å²) < 4.78 is 5.77. The Morgan fingerprint density at radius 2 is 1.79 bits per heavy atom. The first-order valence-electron chi connectivity index (χ1n) is 8.83. The molecular formula is C22H16Cl2N2O3. The summed E-state index contributed by atoms with van der Waals surface area (Å²) in [5.41, 5.74) is 5.80. The zero-order valence-electron chi connectivity index (χ0n) is 15.6. The number of furan rings is 1. The molecule has 0 aliphatic carbocycles. The molecule has 1 N–H and O–H groups in total. The Labute approximate surface area is 177 Å². The Hall–Kier alpha value is -3.02. The van der Waals surface area contributed by atoms with Crippen LogP contribution in [0.4, 0.5) is 5.69 Å². The third-order valence-corrected chi connectivity index (χ3v) is 5.16. The molecule has 29 heavy (non-hydrogen) atoms. The van der Waals surface area contributed by atoms with Crippen LogP contribution in [-0.2, 0) is 9.59 Å². The second kappa shape index (κ2) is 7.43. The summed E-state index contributed by atoms with van der Waals surface area (Å²) in [6.07, 6.45) is 1.42. The number of carbonyl (C=O) groups is 2. The van der Waals surface area contributed by atoms with Crippen LogP contribution in [0.1, 0.15) is 16.9 Å². The van der Waals surface area contributed by atoms with Crippen LogP contribution in [0.25, 0.3) is 17.4 Å². The van der Waals surface area contributed by atoms with Gasteiger partial charge in [-0.3, -0.25) is 15.0 Å². The summed E-state index contributed by atoms with van der Waals surface area (Å²) in [6.45, 7) is 3.85. The number of benzene rings is 2. The van der Waals surface area contributed by atoms with Gasteiger partial charge in [-0.05, 0) is 61.9 Å². The number of rotatable bonds is 3. The Morgan fingerprint density at radius 1 is 1.00 bits per heavy atom. The van der Waals surface area contributed by atoms with Gasteiger partial charge in [0, 0.05) is 10.6 Å². The molecule has 0 unspecified atom stereocenters. The lowest BCUT2D eigenvalue weighted by Crippen LogP contribution is -2.36. The second-order valence-corrected chi connectivity index (χ2v) is 7.60. The van der Waals surface area contributed by atoms with Gasteiger partial charge in [0.1, 0.15) is 17.1 Å². The van der Waals surface area contributed by atoms with Crippen molar-refractivity contribution in [3.63, 3.8) is 0 Å². The van der Waals surface area contributed by atoms with Gasteiger partial charge in [-0.2, -0.15) is 0 Å². The third-order valence-electron chi connectivity index (χ3n) is 4.59. The van der Waals surface area contributed by atoms with E-state index in [4.69, 9.17) is 27.6 Å². The predicted octanol–water partition coefficient (Wildman–Crippen LogP) is 5.33. The highest BCUT2D eigenvalue weighted by Crippen LogP contribution is 2.33. The Kier molecular flexibility index (Phi) is 4.94. The molecule has 2 aromatic carbocycles. The van der Waals surface area contributed by atoms with Gasteiger partial charge in [0.25, 0.3) is 11.8 Å². The third kappa shape index (κ3) is 3.67. The van der Waals surface area contributed by atoms with Crippen molar-refractivity contribution in [3.05, 3.63) is 81.0 Å². The molecule has 0 atom stereocenters. The largest absolute Gasteiger partial charge is 0.457 e. The molecule has 1 fully saturated rings. The summed E-state index contributed by atoms with van der Waals surface area (Å²) in [5.74, 6) is -0.0899. The van der Waals surface area contributed by atoms with E-state index >= 15 is 0 Å². The van der Waals surface area contributed by atoms with Crippen molar-refractivity contribution in [1.82, 2.24) is 5.43 Å². The van der Waals surface area contributed by atoms with E-state index in [1.54, 1.807) is 36.4 Å². The maximum atomic E-state index is 12.8. The fourth-order valence-electron chi connectivity index (χ4n) is 3.19. The Morgan fingerprint density at radius 3 is 2.55 bits per heavy atom. The quantitative estimate of drug-likeness (QED) is 0.454. The van der Waals surface area contributed by atoms with Crippen LogP contribution in [0.2, 0.25) is 10.0 Å². The lowest BCUT2D eigenvalue weighted by Gasteiger charge is -2.17.